The number of rotatable bonds is 5. The molecule has 0 aliphatic heterocycles. The van der Waals surface area contributed by atoms with Crippen molar-refractivity contribution in [1.82, 2.24) is 5.32 Å². The average Bonchev–Trinajstić information content (AvgIpc) is 2.70. The largest absolute Gasteiger partial charge is 0.493 e. The van der Waals surface area contributed by atoms with E-state index in [1.165, 1.54) is 0 Å². The maximum Gasteiger partial charge on any atom is 0.176 e. The van der Waals surface area contributed by atoms with Crippen molar-refractivity contribution < 1.29 is 9.15 Å². The van der Waals surface area contributed by atoms with Gasteiger partial charge in [-0.2, -0.15) is 0 Å². The second kappa shape index (κ2) is 5.23. The van der Waals surface area contributed by atoms with Crippen molar-refractivity contribution in [3.8, 4) is 5.75 Å². The summed E-state index contributed by atoms with van der Waals surface area (Å²) in [4.78, 5) is 0. The second-order valence-corrected chi connectivity index (χ2v) is 4.62. The van der Waals surface area contributed by atoms with E-state index < -0.39 is 0 Å². The van der Waals surface area contributed by atoms with Gasteiger partial charge in [0.25, 0.3) is 0 Å². The number of methoxy groups -OCH3 is 1. The summed E-state index contributed by atoms with van der Waals surface area (Å²) < 4.78 is 11.1. The predicted molar refractivity (Wildman–Crippen MR) is 69.3 cm³/mol. The van der Waals surface area contributed by atoms with Crippen LogP contribution in [0, 0.1) is 5.92 Å². The second-order valence-electron chi connectivity index (χ2n) is 4.62. The van der Waals surface area contributed by atoms with Crippen molar-refractivity contribution >= 4 is 11.0 Å². The van der Waals surface area contributed by atoms with E-state index in [4.69, 9.17) is 9.15 Å². The Labute approximate surface area is 102 Å². The quantitative estimate of drug-likeness (QED) is 0.861. The molecule has 3 heteroatoms. The molecule has 0 amide bonds. The molecular formula is C14H19NO2. The lowest BCUT2D eigenvalue weighted by molar-refractivity contribution is 0.405. The normalized spacial score (nSPS) is 11.3. The highest BCUT2D eigenvalue weighted by Crippen LogP contribution is 2.28. The molecule has 17 heavy (non-hydrogen) atoms. The number of hydrogen-bond acceptors (Lipinski definition) is 3. The molecule has 0 saturated heterocycles. The minimum absolute atomic E-state index is 0.647. The van der Waals surface area contributed by atoms with Gasteiger partial charge < -0.3 is 14.5 Å². The fraction of sp³-hybridized carbons (Fsp3) is 0.429. The zero-order valence-electron chi connectivity index (χ0n) is 10.6. The van der Waals surface area contributed by atoms with Crippen LogP contribution in [0.1, 0.15) is 19.6 Å². The third-order valence-corrected chi connectivity index (χ3v) is 2.63. The van der Waals surface area contributed by atoms with Crippen molar-refractivity contribution in [2.45, 2.75) is 20.4 Å². The van der Waals surface area contributed by atoms with Crippen LogP contribution < -0.4 is 10.1 Å². The Kier molecular flexibility index (Phi) is 3.69. The molecule has 1 aromatic heterocycles. The summed E-state index contributed by atoms with van der Waals surface area (Å²) in [6.07, 6.45) is 0. The molecule has 1 aromatic carbocycles. The van der Waals surface area contributed by atoms with Gasteiger partial charge in [0.1, 0.15) is 5.76 Å². The van der Waals surface area contributed by atoms with Gasteiger partial charge in [-0.1, -0.05) is 26.0 Å². The first-order valence-corrected chi connectivity index (χ1v) is 5.97. The number of fused-ring (bicyclic) bond motifs is 1. The molecule has 0 unspecified atom stereocenters. The van der Waals surface area contributed by atoms with Gasteiger partial charge in [0, 0.05) is 5.39 Å². The maximum atomic E-state index is 5.78. The molecule has 1 N–H and O–H groups in total. The first-order valence-electron chi connectivity index (χ1n) is 5.97. The highest BCUT2D eigenvalue weighted by Gasteiger charge is 2.08. The van der Waals surface area contributed by atoms with Crippen molar-refractivity contribution in [2.24, 2.45) is 5.92 Å². The van der Waals surface area contributed by atoms with Crippen LogP contribution in [-0.2, 0) is 6.54 Å². The minimum Gasteiger partial charge on any atom is -0.493 e. The van der Waals surface area contributed by atoms with Gasteiger partial charge in [-0.15, -0.1) is 0 Å². The van der Waals surface area contributed by atoms with E-state index in [-0.39, 0.29) is 0 Å². The molecule has 0 aliphatic rings. The molecule has 2 rings (SSSR count). The molecule has 1 heterocycles. The Morgan fingerprint density at radius 1 is 1.35 bits per heavy atom. The molecule has 2 aromatic rings. The van der Waals surface area contributed by atoms with Crippen LogP contribution in [-0.4, -0.2) is 13.7 Å². The monoisotopic (exact) mass is 233 g/mol. The van der Waals surface area contributed by atoms with Crippen LogP contribution in [0.25, 0.3) is 11.0 Å². The summed E-state index contributed by atoms with van der Waals surface area (Å²) in [5, 5.41) is 4.45. The molecular weight excluding hydrogens is 214 g/mol. The van der Waals surface area contributed by atoms with Gasteiger partial charge in [0.15, 0.2) is 11.3 Å². The van der Waals surface area contributed by atoms with Crippen molar-refractivity contribution in [3.63, 3.8) is 0 Å². The smallest absolute Gasteiger partial charge is 0.176 e. The molecule has 0 saturated carbocycles. The minimum atomic E-state index is 0.647. The fourth-order valence-electron chi connectivity index (χ4n) is 1.82. The molecule has 0 spiro atoms. The van der Waals surface area contributed by atoms with Crippen molar-refractivity contribution in [2.75, 3.05) is 13.7 Å². The summed E-state index contributed by atoms with van der Waals surface area (Å²) in [7, 11) is 1.66. The number of ether oxygens (including phenoxy) is 1. The van der Waals surface area contributed by atoms with E-state index in [0.717, 1.165) is 35.6 Å². The Hall–Kier alpha value is -1.48. The summed E-state index contributed by atoms with van der Waals surface area (Å²) in [6.45, 7) is 6.13. The van der Waals surface area contributed by atoms with E-state index in [0.29, 0.717) is 5.92 Å². The predicted octanol–water partition coefficient (Wildman–Crippen LogP) is 3.19. The van der Waals surface area contributed by atoms with E-state index in [1.54, 1.807) is 7.11 Å². The molecule has 92 valence electrons. The van der Waals surface area contributed by atoms with Gasteiger partial charge in [-0.3, -0.25) is 0 Å². The third-order valence-electron chi connectivity index (χ3n) is 2.63. The Bertz CT molecular complexity index is 488. The lowest BCUT2D eigenvalue weighted by Gasteiger charge is -2.04. The number of nitrogens with one attached hydrogen (secondary N) is 1. The highest BCUT2D eigenvalue weighted by molar-refractivity contribution is 5.83. The van der Waals surface area contributed by atoms with Crippen molar-refractivity contribution in [1.29, 1.82) is 0 Å². The van der Waals surface area contributed by atoms with Gasteiger partial charge in [0.05, 0.1) is 13.7 Å². The van der Waals surface area contributed by atoms with E-state index in [1.807, 2.05) is 18.2 Å². The Morgan fingerprint density at radius 2 is 2.18 bits per heavy atom. The number of benzene rings is 1. The summed E-state index contributed by atoms with van der Waals surface area (Å²) in [6, 6.07) is 7.98. The van der Waals surface area contributed by atoms with Crippen LogP contribution in [0.3, 0.4) is 0 Å². The summed E-state index contributed by atoms with van der Waals surface area (Å²) >= 11 is 0. The SMILES string of the molecule is COc1cccc2cc(CNCC(C)C)oc12. The number of para-hydroxylation sites is 1. The third kappa shape index (κ3) is 2.80. The lowest BCUT2D eigenvalue weighted by atomic mass is 10.2. The number of furan rings is 1. The Morgan fingerprint density at radius 3 is 2.88 bits per heavy atom. The standard InChI is InChI=1S/C14H19NO2/c1-10(2)8-15-9-12-7-11-5-4-6-13(16-3)14(11)17-12/h4-7,10,15H,8-9H2,1-3H3. The van der Waals surface area contributed by atoms with Gasteiger partial charge in [0.2, 0.25) is 0 Å². The first-order chi connectivity index (χ1) is 8.20. The van der Waals surface area contributed by atoms with Crippen LogP contribution in [0.15, 0.2) is 28.7 Å². The summed E-state index contributed by atoms with van der Waals surface area (Å²) in [5.74, 6) is 2.39. The lowest BCUT2D eigenvalue weighted by Crippen LogP contribution is -2.18. The Balaban J connectivity index is 2.14. The molecule has 0 fully saturated rings. The van der Waals surface area contributed by atoms with Crippen LogP contribution in [0.4, 0.5) is 0 Å². The summed E-state index contributed by atoms with van der Waals surface area (Å²) in [5.41, 5.74) is 0.830. The van der Waals surface area contributed by atoms with Gasteiger partial charge >= 0.3 is 0 Å². The van der Waals surface area contributed by atoms with E-state index >= 15 is 0 Å². The average molecular weight is 233 g/mol. The molecule has 0 bridgehead atoms. The molecule has 3 nitrogen and oxygen atoms in total. The first kappa shape index (κ1) is 12.0. The van der Waals surface area contributed by atoms with E-state index in [9.17, 15) is 0 Å². The molecule has 0 atom stereocenters. The van der Waals surface area contributed by atoms with Crippen LogP contribution in [0.2, 0.25) is 0 Å². The maximum absolute atomic E-state index is 5.78. The highest BCUT2D eigenvalue weighted by atomic mass is 16.5. The van der Waals surface area contributed by atoms with Crippen molar-refractivity contribution in [3.05, 3.63) is 30.0 Å². The zero-order valence-corrected chi connectivity index (χ0v) is 10.6. The number of hydrogen-bond donors (Lipinski definition) is 1. The van der Waals surface area contributed by atoms with Gasteiger partial charge in [-0.25, -0.2) is 0 Å². The molecule has 0 aliphatic carbocycles. The zero-order chi connectivity index (χ0) is 12.3. The van der Waals surface area contributed by atoms with Crippen LogP contribution in [0.5, 0.6) is 5.75 Å². The topological polar surface area (TPSA) is 34.4 Å². The van der Waals surface area contributed by atoms with Gasteiger partial charge in [-0.05, 0) is 24.6 Å². The van der Waals surface area contributed by atoms with Crippen LogP contribution >= 0.6 is 0 Å². The molecule has 0 radical (unpaired) electrons. The fourth-order valence-corrected chi connectivity index (χ4v) is 1.82. The van der Waals surface area contributed by atoms with E-state index in [2.05, 4.69) is 25.2 Å².